The number of hydrogen-bond acceptors (Lipinski definition) is 4. The molecule has 0 bridgehead atoms. The highest BCUT2D eigenvalue weighted by Gasteiger charge is 2.29. The van der Waals surface area contributed by atoms with Gasteiger partial charge in [0.15, 0.2) is 5.78 Å². The van der Waals surface area contributed by atoms with Gasteiger partial charge in [-0.05, 0) is 37.5 Å². The van der Waals surface area contributed by atoms with Gasteiger partial charge >= 0.3 is 0 Å². The molecule has 0 radical (unpaired) electrons. The SMILES string of the molecule is CC(=O)c1cccc(S(=O)(=O)NCCC(=O)N2CCCC2c2ccccc2)c1. The molecule has 148 valence electrons. The topological polar surface area (TPSA) is 83.5 Å². The Balaban J connectivity index is 1.60. The number of benzene rings is 2. The Morgan fingerprint density at radius 2 is 1.86 bits per heavy atom. The van der Waals surface area contributed by atoms with Gasteiger partial charge in [-0.2, -0.15) is 0 Å². The minimum absolute atomic E-state index is 0.0173. The summed E-state index contributed by atoms with van der Waals surface area (Å²) in [6.45, 7) is 2.09. The van der Waals surface area contributed by atoms with E-state index in [1.54, 1.807) is 6.07 Å². The average Bonchev–Trinajstić information content (AvgIpc) is 3.18. The summed E-state index contributed by atoms with van der Waals surface area (Å²) in [6.07, 6.45) is 1.95. The first-order valence-corrected chi connectivity index (χ1v) is 10.8. The van der Waals surface area contributed by atoms with Gasteiger partial charge in [0, 0.05) is 25.1 Å². The van der Waals surface area contributed by atoms with Gasteiger partial charge in [0.25, 0.3) is 0 Å². The van der Waals surface area contributed by atoms with Crippen LogP contribution in [-0.4, -0.2) is 38.1 Å². The molecule has 0 spiro atoms. The average molecular weight is 401 g/mol. The van der Waals surface area contributed by atoms with E-state index in [2.05, 4.69) is 4.72 Å². The maximum Gasteiger partial charge on any atom is 0.240 e. The van der Waals surface area contributed by atoms with Crippen LogP contribution >= 0.6 is 0 Å². The third kappa shape index (κ3) is 4.66. The third-order valence-electron chi connectivity index (χ3n) is 4.94. The Morgan fingerprint density at radius 3 is 2.57 bits per heavy atom. The highest BCUT2D eigenvalue weighted by Crippen LogP contribution is 2.32. The molecule has 0 aliphatic carbocycles. The summed E-state index contributed by atoms with van der Waals surface area (Å²) in [5, 5.41) is 0. The summed E-state index contributed by atoms with van der Waals surface area (Å²) in [5.74, 6) is -0.264. The second-order valence-electron chi connectivity index (χ2n) is 6.89. The van der Waals surface area contributed by atoms with Crippen LogP contribution in [-0.2, 0) is 14.8 Å². The molecule has 1 aliphatic heterocycles. The van der Waals surface area contributed by atoms with Crippen LogP contribution in [0.1, 0.15) is 48.1 Å². The number of sulfonamides is 1. The summed E-state index contributed by atoms with van der Waals surface area (Å²) in [7, 11) is -3.77. The van der Waals surface area contributed by atoms with Crippen molar-refractivity contribution in [2.75, 3.05) is 13.1 Å². The van der Waals surface area contributed by atoms with Crippen LogP contribution in [0.25, 0.3) is 0 Å². The highest BCUT2D eigenvalue weighted by atomic mass is 32.2. The summed E-state index contributed by atoms with van der Waals surface area (Å²) >= 11 is 0. The normalized spacial score (nSPS) is 16.9. The van der Waals surface area contributed by atoms with Gasteiger partial charge in [-0.3, -0.25) is 9.59 Å². The summed E-state index contributed by atoms with van der Waals surface area (Å²) in [6, 6.07) is 15.8. The monoisotopic (exact) mass is 400 g/mol. The van der Waals surface area contributed by atoms with Crippen molar-refractivity contribution in [2.45, 2.75) is 37.1 Å². The molecular formula is C21H24N2O4S. The molecular weight excluding hydrogens is 376 g/mol. The first-order chi connectivity index (χ1) is 13.4. The first kappa shape index (κ1) is 20.2. The number of likely N-dealkylation sites (tertiary alicyclic amines) is 1. The molecule has 1 N–H and O–H groups in total. The fourth-order valence-electron chi connectivity index (χ4n) is 3.49. The molecule has 28 heavy (non-hydrogen) atoms. The van der Waals surface area contributed by atoms with Crippen LogP contribution in [0.2, 0.25) is 0 Å². The summed E-state index contributed by atoms with van der Waals surface area (Å²) < 4.78 is 27.4. The Labute approximate surface area is 165 Å². The van der Waals surface area contributed by atoms with E-state index < -0.39 is 10.0 Å². The van der Waals surface area contributed by atoms with Gasteiger partial charge in [0.2, 0.25) is 15.9 Å². The molecule has 1 fully saturated rings. The van der Waals surface area contributed by atoms with Crippen molar-refractivity contribution in [3.8, 4) is 0 Å². The standard InChI is InChI=1S/C21H24N2O4S/c1-16(24)18-9-5-10-19(15-18)28(26,27)22-13-12-21(25)23-14-6-11-20(23)17-7-3-2-4-8-17/h2-5,7-10,15,20,22H,6,11-14H2,1H3. The van der Waals surface area contributed by atoms with Crippen molar-refractivity contribution in [3.05, 3.63) is 65.7 Å². The third-order valence-corrected chi connectivity index (χ3v) is 6.40. The zero-order valence-electron chi connectivity index (χ0n) is 15.8. The molecule has 7 heteroatoms. The molecule has 2 aromatic carbocycles. The van der Waals surface area contributed by atoms with Gasteiger partial charge in [-0.1, -0.05) is 42.5 Å². The molecule has 2 aromatic rings. The number of carbonyl (C=O) groups is 2. The van der Waals surface area contributed by atoms with E-state index in [-0.39, 0.29) is 35.6 Å². The number of nitrogens with one attached hydrogen (secondary N) is 1. The zero-order valence-corrected chi connectivity index (χ0v) is 16.6. The van der Waals surface area contributed by atoms with Crippen molar-refractivity contribution < 1.29 is 18.0 Å². The van der Waals surface area contributed by atoms with Gasteiger partial charge < -0.3 is 4.90 Å². The molecule has 1 aliphatic rings. The Kier molecular flexibility index (Phi) is 6.26. The minimum Gasteiger partial charge on any atom is -0.336 e. The molecule has 1 heterocycles. The zero-order chi connectivity index (χ0) is 20.1. The summed E-state index contributed by atoms with van der Waals surface area (Å²) in [4.78, 5) is 26.0. The molecule has 0 aromatic heterocycles. The Bertz CT molecular complexity index is 957. The molecule has 3 rings (SSSR count). The van der Waals surface area contributed by atoms with Gasteiger partial charge in [0.05, 0.1) is 10.9 Å². The van der Waals surface area contributed by atoms with Gasteiger partial charge in [0.1, 0.15) is 0 Å². The molecule has 1 unspecified atom stereocenters. The van der Waals surface area contributed by atoms with Gasteiger partial charge in [-0.15, -0.1) is 0 Å². The predicted octanol–water partition coefficient (Wildman–Crippen LogP) is 2.92. The number of amides is 1. The molecule has 1 atom stereocenters. The fourth-order valence-corrected chi connectivity index (χ4v) is 4.57. The van der Waals surface area contributed by atoms with Crippen LogP contribution in [0.5, 0.6) is 0 Å². The quantitative estimate of drug-likeness (QED) is 0.725. The first-order valence-electron chi connectivity index (χ1n) is 9.33. The molecule has 1 saturated heterocycles. The van der Waals surface area contributed by atoms with Crippen LogP contribution in [0.15, 0.2) is 59.5 Å². The summed E-state index contributed by atoms with van der Waals surface area (Å²) in [5.41, 5.74) is 1.44. The van der Waals surface area contributed by atoms with E-state index >= 15 is 0 Å². The molecule has 6 nitrogen and oxygen atoms in total. The molecule has 0 saturated carbocycles. The van der Waals surface area contributed by atoms with Crippen LogP contribution in [0, 0.1) is 0 Å². The lowest BCUT2D eigenvalue weighted by molar-refractivity contribution is -0.131. The van der Waals surface area contributed by atoms with Crippen LogP contribution in [0.4, 0.5) is 0 Å². The largest absolute Gasteiger partial charge is 0.336 e. The number of ketones is 1. The van der Waals surface area contributed by atoms with E-state index in [0.717, 1.165) is 18.4 Å². The van der Waals surface area contributed by atoms with Crippen LogP contribution < -0.4 is 4.72 Å². The van der Waals surface area contributed by atoms with E-state index in [9.17, 15) is 18.0 Å². The lowest BCUT2D eigenvalue weighted by Crippen LogP contribution is -2.34. The predicted molar refractivity (Wildman–Crippen MR) is 106 cm³/mol. The Morgan fingerprint density at radius 1 is 1.11 bits per heavy atom. The van der Waals surface area contributed by atoms with Crippen molar-refractivity contribution in [1.29, 1.82) is 0 Å². The fraction of sp³-hybridized carbons (Fsp3) is 0.333. The minimum atomic E-state index is -3.77. The van der Waals surface area contributed by atoms with E-state index in [4.69, 9.17) is 0 Å². The van der Waals surface area contributed by atoms with E-state index in [0.29, 0.717) is 12.1 Å². The number of hydrogen-bond donors (Lipinski definition) is 1. The molecule has 1 amide bonds. The Hall–Kier alpha value is -2.51. The second-order valence-corrected chi connectivity index (χ2v) is 8.65. The van der Waals surface area contributed by atoms with Crippen molar-refractivity contribution in [1.82, 2.24) is 9.62 Å². The maximum atomic E-state index is 12.6. The smallest absolute Gasteiger partial charge is 0.240 e. The van der Waals surface area contributed by atoms with Crippen molar-refractivity contribution in [3.63, 3.8) is 0 Å². The number of Topliss-reactive ketones (excluding diaryl/α,β-unsaturated/α-hetero) is 1. The lowest BCUT2D eigenvalue weighted by Gasteiger charge is -2.25. The van der Waals surface area contributed by atoms with Gasteiger partial charge in [-0.25, -0.2) is 13.1 Å². The van der Waals surface area contributed by atoms with Crippen molar-refractivity contribution >= 4 is 21.7 Å². The van der Waals surface area contributed by atoms with E-state index in [1.165, 1.54) is 25.1 Å². The highest BCUT2D eigenvalue weighted by molar-refractivity contribution is 7.89. The van der Waals surface area contributed by atoms with E-state index in [1.807, 2.05) is 35.2 Å². The van der Waals surface area contributed by atoms with Crippen molar-refractivity contribution in [2.24, 2.45) is 0 Å². The second kappa shape index (κ2) is 8.67. The number of rotatable bonds is 7. The van der Waals surface area contributed by atoms with Crippen LogP contribution in [0.3, 0.4) is 0 Å². The number of carbonyl (C=O) groups excluding carboxylic acids is 2. The number of nitrogens with zero attached hydrogens (tertiary/aromatic N) is 1. The maximum absolute atomic E-state index is 12.6. The lowest BCUT2D eigenvalue weighted by atomic mass is 10.0.